The summed E-state index contributed by atoms with van der Waals surface area (Å²) < 4.78 is 12.5. The third-order valence-corrected chi connectivity index (χ3v) is 3.02. The Balaban J connectivity index is 1.69. The van der Waals surface area contributed by atoms with E-state index in [2.05, 4.69) is 17.3 Å². The summed E-state index contributed by atoms with van der Waals surface area (Å²) in [5.41, 5.74) is 0. The quantitative estimate of drug-likeness (QED) is 0.834. The van der Waals surface area contributed by atoms with Gasteiger partial charge in [0.2, 0.25) is 0 Å². The standard InChI is InChI=1S/C13H21N3O3/c1-2-5-16-9-12(8-14-16)19-10-13(17)15-11-3-6-18-7-4-11/h8-9,11H,2-7,10H2,1H3,(H,15,17). The number of carbonyl (C=O) groups is 1. The molecule has 0 spiro atoms. The van der Waals surface area contributed by atoms with Crippen molar-refractivity contribution in [1.82, 2.24) is 15.1 Å². The molecule has 0 radical (unpaired) electrons. The number of hydrogen-bond acceptors (Lipinski definition) is 4. The van der Waals surface area contributed by atoms with Crippen LogP contribution in [-0.4, -0.2) is 41.6 Å². The fourth-order valence-corrected chi connectivity index (χ4v) is 2.03. The van der Waals surface area contributed by atoms with E-state index in [1.165, 1.54) is 0 Å². The molecule has 1 aliphatic heterocycles. The lowest BCUT2D eigenvalue weighted by atomic mass is 10.1. The molecule has 1 aromatic heterocycles. The fourth-order valence-electron chi connectivity index (χ4n) is 2.03. The van der Waals surface area contributed by atoms with Crippen molar-refractivity contribution in [2.24, 2.45) is 0 Å². The first-order chi connectivity index (χ1) is 9.28. The topological polar surface area (TPSA) is 65.4 Å². The van der Waals surface area contributed by atoms with Crippen LogP contribution in [0.5, 0.6) is 5.75 Å². The molecule has 1 fully saturated rings. The van der Waals surface area contributed by atoms with Gasteiger partial charge in [0.1, 0.15) is 0 Å². The molecule has 0 aliphatic carbocycles. The summed E-state index contributed by atoms with van der Waals surface area (Å²) in [5, 5.41) is 7.09. The lowest BCUT2D eigenvalue weighted by molar-refractivity contribution is -0.124. The summed E-state index contributed by atoms with van der Waals surface area (Å²) in [4.78, 5) is 11.7. The van der Waals surface area contributed by atoms with Gasteiger partial charge < -0.3 is 14.8 Å². The Bertz CT molecular complexity index is 400. The Morgan fingerprint density at radius 1 is 1.58 bits per heavy atom. The van der Waals surface area contributed by atoms with Crippen LogP contribution in [0.2, 0.25) is 0 Å². The van der Waals surface area contributed by atoms with E-state index >= 15 is 0 Å². The molecular weight excluding hydrogens is 246 g/mol. The van der Waals surface area contributed by atoms with Crippen LogP contribution < -0.4 is 10.1 Å². The summed E-state index contributed by atoms with van der Waals surface area (Å²) >= 11 is 0. The number of hydrogen-bond donors (Lipinski definition) is 1. The van der Waals surface area contributed by atoms with E-state index in [4.69, 9.17) is 9.47 Å². The maximum atomic E-state index is 11.7. The smallest absolute Gasteiger partial charge is 0.258 e. The molecule has 1 saturated heterocycles. The minimum absolute atomic E-state index is 0.0369. The van der Waals surface area contributed by atoms with E-state index in [0.717, 1.165) is 39.0 Å². The number of amides is 1. The average molecular weight is 267 g/mol. The Hall–Kier alpha value is -1.56. The number of ether oxygens (including phenoxy) is 2. The highest BCUT2D eigenvalue weighted by Crippen LogP contribution is 2.09. The molecule has 6 heteroatoms. The molecule has 0 atom stereocenters. The van der Waals surface area contributed by atoms with Gasteiger partial charge in [-0.2, -0.15) is 5.10 Å². The predicted molar refractivity (Wildman–Crippen MR) is 70.0 cm³/mol. The van der Waals surface area contributed by atoms with Crippen molar-refractivity contribution in [3.05, 3.63) is 12.4 Å². The Kier molecular flexibility index (Phi) is 5.20. The molecular formula is C13H21N3O3. The van der Waals surface area contributed by atoms with Gasteiger partial charge in [-0.3, -0.25) is 9.48 Å². The number of nitrogens with one attached hydrogen (secondary N) is 1. The van der Waals surface area contributed by atoms with Gasteiger partial charge in [0.05, 0.1) is 12.4 Å². The Labute approximate surface area is 113 Å². The number of nitrogens with zero attached hydrogens (tertiary/aromatic N) is 2. The number of aromatic nitrogens is 2. The van der Waals surface area contributed by atoms with Gasteiger partial charge in [-0.1, -0.05) is 6.92 Å². The van der Waals surface area contributed by atoms with Crippen molar-refractivity contribution in [3.8, 4) is 5.75 Å². The van der Waals surface area contributed by atoms with Gasteiger partial charge >= 0.3 is 0 Å². The largest absolute Gasteiger partial charge is 0.480 e. The number of carbonyl (C=O) groups excluding carboxylic acids is 1. The molecule has 0 unspecified atom stereocenters. The molecule has 0 bridgehead atoms. The second kappa shape index (κ2) is 7.13. The van der Waals surface area contributed by atoms with Crippen molar-refractivity contribution >= 4 is 5.91 Å². The maximum Gasteiger partial charge on any atom is 0.258 e. The molecule has 1 amide bonds. The summed E-state index contributed by atoms with van der Waals surface area (Å²) in [6.45, 7) is 4.42. The third-order valence-electron chi connectivity index (χ3n) is 3.02. The van der Waals surface area contributed by atoms with Crippen molar-refractivity contribution in [2.75, 3.05) is 19.8 Å². The predicted octanol–water partition coefficient (Wildman–Crippen LogP) is 0.967. The molecule has 19 heavy (non-hydrogen) atoms. The van der Waals surface area contributed by atoms with E-state index in [1.807, 2.05) is 10.9 Å². The van der Waals surface area contributed by atoms with Gasteiger partial charge in [0.15, 0.2) is 12.4 Å². The molecule has 2 heterocycles. The van der Waals surface area contributed by atoms with Gasteiger partial charge in [0, 0.05) is 25.8 Å². The van der Waals surface area contributed by atoms with Crippen molar-refractivity contribution in [3.63, 3.8) is 0 Å². The lowest BCUT2D eigenvalue weighted by Gasteiger charge is -2.22. The highest BCUT2D eigenvalue weighted by atomic mass is 16.5. The van der Waals surface area contributed by atoms with E-state index in [1.54, 1.807) is 6.20 Å². The number of aryl methyl sites for hydroxylation is 1. The highest BCUT2D eigenvalue weighted by molar-refractivity contribution is 5.77. The zero-order chi connectivity index (χ0) is 13.5. The SMILES string of the molecule is CCCn1cc(OCC(=O)NC2CCOCC2)cn1. The zero-order valence-corrected chi connectivity index (χ0v) is 11.3. The normalized spacial score (nSPS) is 16.3. The molecule has 1 aromatic rings. The lowest BCUT2D eigenvalue weighted by Crippen LogP contribution is -2.41. The van der Waals surface area contributed by atoms with Crippen LogP contribution in [0, 0.1) is 0 Å². The van der Waals surface area contributed by atoms with Gasteiger partial charge in [-0.25, -0.2) is 0 Å². The molecule has 1 aliphatic rings. The van der Waals surface area contributed by atoms with Crippen molar-refractivity contribution in [2.45, 2.75) is 38.8 Å². The van der Waals surface area contributed by atoms with E-state index in [9.17, 15) is 4.79 Å². The summed E-state index contributed by atoms with van der Waals surface area (Å²) in [5.74, 6) is 0.547. The van der Waals surface area contributed by atoms with Crippen LogP contribution in [-0.2, 0) is 16.1 Å². The van der Waals surface area contributed by atoms with Crippen LogP contribution in [0.4, 0.5) is 0 Å². The molecule has 2 rings (SSSR count). The molecule has 0 aromatic carbocycles. The van der Waals surface area contributed by atoms with Crippen molar-refractivity contribution < 1.29 is 14.3 Å². The molecule has 1 N–H and O–H groups in total. The Morgan fingerprint density at radius 3 is 3.11 bits per heavy atom. The third kappa shape index (κ3) is 4.55. The molecule has 106 valence electrons. The monoisotopic (exact) mass is 267 g/mol. The van der Waals surface area contributed by atoms with Crippen LogP contribution in [0.1, 0.15) is 26.2 Å². The van der Waals surface area contributed by atoms with Crippen LogP contribution in [0.3, 0.4) is 0 Å². The average Bonchev–Trinajstić information content (AvgIpc) is 2.86. The van der Waals surface area contributed by atoms with Crippen LogP contribution >= 0.6 is 0 Å². The molecule has 6 nitrogen and oxygen atoms in total. The first-order valence-corrected chi connectivity index (χ1v) is 6.80. The van der Waals surface area contributed by atoms with Crippen LogP contribution in [0.25, 0.3) is 0 Å². The van der Waals surface area contributed by atoms with E-state index in [-0.39, 0.29) is 18.6 Å². The van der Waals surface area contributed by atoms with Gasteiger partial charge in [-0.15, -0.1) is 0 Å². The van der Waals surface area contributed by atoms with Gasteiger partial charge in [-0.05, 0) is 19.3 Å². The first-order valence-electron chi connectivity index (χ1n) is 6.80. The summed E-state index contributed by atoms with van der Waals surface area (Å²) in [6.07, 6.45) is 6.22. The first kappa shape index (κ1) is 13.9. The molecule has 0 saturated carbocycles. The minimum atomic E-state index is -0.0878. The Morgan fingerprint density at radius 2 is 2.37 bits per heavy atom. The zero-order valence-electron chi connectivity index (χ0n) is 11.3. The van der Waals surface area contributed by atoms with E-state index < -0.39 is 0 Å². The van der Waals surface area contributed by atoms with E-state index in [0.29, 0.717) is 5.75 Å². The van der Waals surface area contributed by atoms with Gasteiger partial charge in [0.25, 0.3) is 5.91 Å². The fraction of sp³-hybridized carbons (Fsp3) is 0.692. The minimum Gasteiger partial charge on any atom is -0.480 e. The maximum absolute atomic E-state index is 11.7. The van der Waals surface area contributed by atoms with Crippen molar-refractivity contribution in [1.29, 1.82) is 0 Å². The second-order valence-electron chi connectivity index (χ2n) is 4.68. The second-order valence-corrected chi connectivity index (χ2v) is 4.68. The highest BCUT2D eigenvalue weighted by Gasteiger charge is 2.16. The number of rotatable bonds is 6. The summed E-state index contributed by atoms with van der Waals surface area (Å²) in [6, 6.07) is 0.215. The summed E-state index contributed by atoms with van der Waals surface area (Å²) in [7, 11) is 0. The van der Waals surface area contributed by atoms with Crippen LogP contribution in [0.15, 0.2) is 12.4 Å².